The molecule has 0 bridgehead atoms. The maximum atomic E-state index is 5.64. The molecule has 0 saturated heterocycles. The van der Waals surface area contributed by atoms with Crippen molar-refractivity contribution < 1.29 is 13.9 Å². The first-order valence-electron chi connectivity index (χ1n) is 6.30. The molecule has 0 amide bonds. The summed E-state index contributed by atoms with van der Waals surface area (Å²) >= 11 is 0. The van der Waals surface area contributed by atoms with Crippen LogP contribution in [0.1, 0.15) is 17.1 Å². The molecule has 0 fully saturated rings. The van der Waals surface area contributed by atoms with Crippen molar-refractivity contribution in [3.63, 3.8) is 0 Å². The minimum Gasteiger partial charge on any atom is -0.486 e. The Kier molecular flexibility index (Phi) is 5.01. The fourth-order valence-electron chi connectivity index (χ4n) is 1.74. The van der Waals surface area contributed by atoms with Gasteiger partial charge in [-0.25, -0.2) is 0 Å². The first kappa shape index (κ1) is 13.6. The number of nitrogens with two attached hydrogens (primary N) is 1. The molecule has 0 radical (unpaired) electrons. The zero-order chi connectivity index (χ0) is 13.5. The minimum absolute atomic E-state index is 0.411. The van der Waals surface area contributed by atoms with Gasteiger partial charge in [-0.1, -0.05) is 12.1 Å². The van der Waals surface area contributed by atoms with Crippen molar-refractivity contribution >= 4 is 0 Å². The maximum absolute atomic E-state index is 5.64. The van der Waals surface area contributed by atoms with Crippen molar-refractivity contribution in [2.45, 2.75) is 19.6 Å². The van der Waals surface area contributed by atoms with Crippen molar-refractivity contribution in [3.05, 3.63) is 53.5 Å². The van der Waals surface area contributed by atoms with Crippen LogP contribution in [-0.4, -0.2) is 13.7 Å². The first-order valence-corrected chi connectivity index (χ1v) is 6.30. The molecule has 0 aliphatic heterocycles. The number of benzene rings is 1. The van der Waals surface area contributed by atoms with Crippen LogP contribution in [0.3, 0.4) is 0 Å². The SMILES string of the molecule is COCCc1ccc(OCc2ccc(CN)o2)cc1. The average Bonchev–Trinajstić information content (AvgIpc) is 2.92. The fourth-order valence-corrected chi connectivity index (χ4v) is 1.74. The van der Waals surface area contributed by atoms with Crippen LogP contribution in [0.25, 0.3) is 0 Å². The zero-order valence-electron chi connectivity index (χ0n) is 11.1. The highest BCUT2D eigenvalue weighted by Gasteiger charge is 2.02. The zero-order valence-corrected chi connectivity index (χ0v) is 11.1. The Morgan fingerprint density at radius 2 is 1.79 bits per heavy atom. The second-order valence-corrected chi connectivity index (χ2v) is 4.25. The molecule has 0 unspecified atom stereocenters. The van der Waals surface area contributed by atoms with E-state index in [2.05, 4.69) is 0 Å². The topological polar surface area (TPSA) is 57.6 Å². The first-order chi connectivity index (χ1) is 9.31. The standard InChI is InChI=1S/C15H19NO3/c1-17-9-8-12-2-4-13(5-3-12)18-11-15-7-6-14(10-16)19-15/h2-7H,8-11,16H2,1H3. The van der Waals surface area contributed by atoms with Crippen molar-refractivity contribution in [2.24, 2.45) is 5.73 Å². The molecule has 4 nitrogen and oxygen atoms in total. The predicted molar refractivity (Wildman–Crippen MR) is 73.0 cm³/mol. The van der Waals surface area contributed by atoms with E-state index in [1.165, 1.54) is 5.56 Å². The Balaban J connectivity index is 1.85. The summed E-state index contributed by atoms with van der Waals surface area (Å²) in [5, 5.41) is 0. The van der Waals surface area contributed by atoms with Crippen LogP contribution in [0.4, 0.5) is 0 Å². The van der Waals surface area contributed by atoms with Crippen LogP contribution < -0.4 is 10.5 Å². The summed E-state index contributed by atoms with van der Waals surface area (Å²) in [5.74, 6) is 2.38. The monoisotopic (exact) mass is 261 g/mol. The van der Waals surface area contributed by atoms with Crippen LogP contribution in [0, 0.1) is 0 Å². The lowest BCUT2D eigenvalue weighted by Gasteiger charge is -2.05. The Morgan fingerprint density at radius 1 is 1.05 bits per heavy atom. The van der Waals surface area contributed by atoms with Crippen LogP contribution in [0.5, 0.6) is 5.75 Å². The highest BCUT2D eigenvalue weighted by molar-refractivity contribution is 5.27. The Morgan fingerprint density at radius 3 is 2.42 bits per heavy atom. The number of ether oxygens (including phenoxy) is 2. The summed E-state index contributed by atoms with van der Waals surface area (Å²) in [4.78, 5) is 0. The number of hydrogen-bond acceptors (Lipinski definition) is 4. The molecule has 0 spiro atoms. The lowest BCUT2D eigenvalue weighted by atomic mass is 10.1. The van der Waals surface area contributed by atoms with Gasteiger partial charge in [-0.15, -0.1) is 0 Å². The summed E-state index contributed by atoms with van der Waals surface area (Å²) in [5.41, 5.74) is 6.72. The third kappa shape index (κ3) is 4.12. The van der Waals surface area contributed by atoms with E-state index in [0.717, 1.165) is 30.3 Å². The molecule has 0 aliphatic carbocycles. The van der Waals surface area contributed by atoms with Gasteiger partial charge in [-0.2, -0.15) is 0 Å². The van der Waals surface area contributed by atoms with Crippen LogP contribution in [0.2, 0.25) is 0 Å². The molecule has 1 heterocycles. The van der Waals surface area contributed by atoms with E-state index in [1.807, 2.05) is 36.4 Å². The summed E-state index contributed by atoms with van der Waals surface area (Å²) in [6.07, 6.45) is 0.912. The Hall–Kier alpha value is -1.78. The van der Waals surface area contributed by atoms with Crippen LogP contribution in [-0.2, 0) is 24.3 Å². The maximum Gasteiger partial charge on any atom is 0.146 e. The summed E-state index contributed by atoms with van der Waals surface area (Å²) in [7, 11) is 1.70. The second-order valence-electron chi connectivity index (χ2n) is 4.25. The van der Waals surface area contributed by atoms with Gasteiger partial charge in [0.15, 0.2) is 0 Å². The quantitative estimate of drug-likeness (QED) is 0.832. The van der Waals surface area contributed by atoms with E-state index < -0.39 is 0 Å². The molecule has 2 N–H and O–H groups in total. The Bertz CT molecular complexity index is 490. The van der Waals surface area contributed by atoms with Gasteiger partial charge < -0.3 is 19.6 Å². The summed E-state index contributed by atoms with van der Waals surface area (Å²) < 4.78 is 16.1. The van der Waals surface area contributed by atoms with Gasteiger partial charge in [0.1, 0.15) is 23.9 Å². The lowest BCUT2D eigenvalue weighted by Crippen LogP contribution is -1.96. The number of hydrogen-bond donors (Lipinski definition) is 1. The molecule has 0 aliphatic rings. The number of furan rings is 1. The molecular weight excluding hydrogens is 242 g/mol. The molecule has 0 saturated carbocycles. The lowest BCUT2D eigenvalue weighted by molar-refractivity contribution is 0.202. The van der Waals surface area contributed by atoms with Gasteiger partial charge in [0, 0.05) is 7.11 Å². The summed E-state index contributed by atoms with van der Waals surface area (Å²) in [6, 6.07) is 11.8. The normalized spacial score (nSPS) is 10.6. The molecule has 19 heavy (non-hydrogen) atoms. The van der Waals surface area contributed by atoms with Gasteiger partial charge in [-0.3, -0.25) is 0 Å². The van der Waals surface area contributed by atoms with Crippen LogP contribution >= 0.6 is 0 Å². The minimum atomic E-state index is 0.411. The van der Waals surface area contributed by atoms with Gasteiger partial charge in [-0.05, 0) is 36.2 Å². The van der Waals surface area contributed by atoms with E-state index in [-0.39, 0.29) is 0 Å². The Labute approximate surface area is 113 Å². The third-order valence-electron chi connectivity index (χ3n) is 2.82. The molecule has 102 valence electrons. The van der Waals surface area contributed by atoms with Gasteiger partial charge in [0.2, 0.25) is 0 Å². The molecule has 0 atom stereocenters. The molecular formula is C15H19NO3. The van der Waals surface area contributed by atoms with E-state index >= 15 is 0 Å². The van der Waals surface area contributed by atoms with Gasteiger partial charge in [0.05, 0.1) is 13.2 Å². The van der Waals surface area contributed by atoms with Gasteiger partial charge in [0.25, 0.3) is 0 Å². The largest absolute Gasteiger partial charge is 0.486 e. The molecule has 2 aromatic rings. The van der Waals surface area contributed by atoms with Crippen molar-refractivity contribution in [1.29, 1.82) is 0 Å². The average molecular weight is 261 g/mol. The van der Waals surface area contributed by atoms with Crippen molar-refractivity contribution in [1.82, 2.24) is 0 Å². The van der Waals surface area contributed by atoms with E-state index in [4.69, 9.17) is 19.6 Å². The second kappa shape index (κ2) is 6.97. The van der Waals surface area contributed by atoms with E-state index in [9.17, 15) is 0 Å². The van der Waals surface area contributed by atoms with Crippen molar-refractivity contribution in [2.75, 3.05) is 13.7 Å². The molecule has 2 rings (SSSR count). The smallest absolute Gasteiger partial charge is 0.146 e. The molecule has 4 heteroatoms. The van der Waals surface area contributed by atoms with Crippen molar-refractivity contribution in [3.8, 4) is 5.75 Å². The fraction of sp³-hybridized carbons (Fsp3) is 0.333. The van der Waals surface area contributed by atoms with Crippen LogP contribution in [0.15, 0.2) is 40.8 Å². The third-order valence-corrected chi connectivity index (χ3v) is 2.82. The van der Waals surface area contributed by atoms with Gasteiger partial charge >= 0.3 is 0 Å². The van der Waals surface area contributed by atoms with E-state index in [1.54, 1.807) is 7.11 Å². The van der Waals surface area contributed by atoms with E-state index in [0.29, 0.717) is 13.2 Å². The number of rotatable bonds is 7. The highest BCUT2D eigenvalue weighted by Crippen LogP contribution is 2.15. The number of methoxy groups -OCH3 is 1. The predicted octanol–water partition coefficient (Wildman–Crippen LogP) is 2.51. The summed E-state index contributed by atoms with van der Waals surface area (Å²) in [6.45, 7) is 1.56. The molecule has 1 aromatic carbocycles. The molecule has 1 aromatic heterocycles. The highest BCUT2D eigenvalue weighted by atomic mass is 16.5.